The van der Waals surface area contributed by atoms with Gasteiger partial charge in [0.2, 0.25) is 0 Å². The van der Waals surface area contributed by atoms with Gasteiger partial charge in [0, 0.05) is 40.6 Å². The van der Waals surface area contributed by atoms with Gasteiger partial charge in [0.1, 0.15) is 13.9 Å². The zero-order valence-corrected chi connectivity index (χ0v) is 24.0. The van der Waals surface area contributed by atoms with Crippen LogP contribution in [-0.4, -0.2) is 29.9 Å². The number of pyridine rings is 1. The topological polar surface area (TPSA) is 88.0 Å². The number of rotatable bonds is 6. The third kappa shape index (κ3) is 5.66. The van der Waals surface area contributed by atoms with Crippen LogP contribution in [0.2, 0.25) is 10.0 Å². The Morgan fingerprint density at radius 2 is 1.79 bits per heavy atom. The van der Waals surface area contributed by atoms with E-state index in [0.29, 0.717) is 55.7 Å². The smallest absolute Gasteiger partial charge is 0.119 e. The minimum absolute atomic E-state index is 0.00894. The van der Waals surface area contributed by atoms with E-state index in [1.54, 1.807) is 18.3 Å². The maximum Gasteiger partial charge on any atom is 0.119 e. The predicted octanol–water partition coefficient (Wildman–Crippen LogP) is 6.27. The first-order valence-electron chi connectivity index (χ1n) is 12.3. The van der Waals surface area contributed by atoms with Gasteiger partial charge in [0.25, 0.3) is 0 Å². The molecule has 7 nitrogen and oxygen atoms in total. The molecule has 3 aromatic rings. The summed E-state index contributed by atoms with van der Waals surface area (Å²) in [5, 5.41) is 20.3. The molecule has 0 aliphatic carbocycles. The quantitative estimate of drug-likeness (QED) is 0.270. The predicted molar refractivity (Wildman–Crippen MR) is 158 cm³/mol. The lowest BCUT2D eigenvalue weighted by Crippen LogP contribution is -2.49. The zero-order valence-electron chi connectivity index (χ0n) is 22.5. The average molecular weight is 548 g/mol. The summed E-state index contributed by atoms with van der Waals surface area (Å²) in [5.41, 5.74) is 8.56. The van der Waals surface area contributed by atoms with Gasteiger partial charge in [-0.05, 0) is 49.9 Å². The Kier molecular flexibility index (Phi) is 7.50. The van der Waals surface area contributed by atoms with Gasteiger partial charge in [-0.3, -0.25) is 9.99 Å². The highest BCUT2D eigenvalue weighted by molar-refractivity contribution is 6.36. The molecule has 10 heteroatoms. The van der Waals surface area contributed by atoms with Gasteiger partial charge < -0.3 is 16.1 Å². The normalized spacial score (nSPS) is 15.4. The van der Waals surface area contributed by atoms with Crippen molar-refractivity contribution in [1.29, 1.82) is 5.26 Å². The Morgan fingerprint density at radius 3 is 2.39 bits per heavy atom. The van der Waals surface area contributed by atoms with Crippen LogP contribution in [0.15, 0.2) is 54.5 Å². The number of nitriles is 1. The van der Waals surface area contributed by atoms with Crippen molar-refractivity contribution in [1.82, 2.24) is 21.0 Å². The highest BCUT2D eigenvalue weighted by Gasteiger charge is 2.37. The summed E-state index contributed by atoms with van der Waals surface area (Å²) in [7, 11) is 7.15. The van der Waals surface area contributed by atoms with Crippen LogP contribution in [0.5, 0.6) is 0 Å². The van der Waals surface area contributed by atoms with Gasteiger partial charge in [-0.2, -0.15) is 5.26 Å². The van der Waals surface area contributed by atoms with Crippen molar-refractivity contribution in [3.8, 4) is 6.07 Å². The molecule has 1 aliphatic rings. The molecular formula is C28H32BCl2N7. The van der Waals surface area contributed by atoms with E-state index in [-0.39, 0.29) is 11.0 Å². The molecule has 1 atom stereocenters. The van der Waals surface area contributed by atoms with Crippen LogP contribution in [0.25, 0.3) is 10.9 Å². The maximum atomic E-state index is 9.81. The number of halogens is 2. The van der Waals surface area contributed by atoms with Crippen molar-refractivity contribution in [2.45, 2.75) is 52.5 Å². The van der Waals surface area contributed by atoms with Crippen molar-refractivity contribution >= 4 is 53.3 Å². The van der Waals surface area contributed by atoms with Crippen LogP contribution in [-0.2, 0) is 5.44 Å². The number of nitrogens with one attached hydrogen (secondary N) is 4. The summed E-state index contributed by atoms with van der Waals surface area (Å²) in [6, 6.07) is 13.4. The van der Waals surface area contributed by atoms with Gasteiger partial charge >= 0.3 is 0 Å². The molecule has 0 bridgehead atoms. The number of nitrogens with zero attached hydrogens (tertiary/aromatic N) is 3. The zero-order chi connectivity index (χ0) is 27.9. The third-order valence-corrected chi connectivity index (χ3v) is 6.82. The van der Waals surface area contributed by atoms with Crippen molar-refractivity contribution in [3.63, 3.8) is 0 Å². The highest BCUT2D eigenvalue weighted by atomic mass is 35.5. The highest BCUT2D eigenvalue weighted by Crippen LogP contribution is 2.39. The lowest BCUT2D eigenvalue weighted by atomic mass is 9.69. The molecule has 2 radical (unpaired) electrons. The molecule has 0 amide bonds. The summed E-state index contributed by atoms with van der Waals surface area (Å²) < 4.78 is 0. The van der Waals surface area contributed by atoms with Gasteiger partial charge in [-0.1, -0.05) is 62.2 Å². The molecular weight excluding hydrogens is 516 g/mol. The fraction of sp³-hybridized carbons (Fsp3) is 0.357. The van der Waals surface area contributed by atoms with E-state index in [9.17, 15) is 5.26 Å². The van der Waals surface area contributed by atoms with Crippen LogP contribution < -0.4 is 21.6 Å². The minimum atomic E-state index is -1.26. The summed E-state index contributed by atoms with van der Waals surface area (Å²) in [4.78, 5) is 4.47. The Balaban J connectivity index is 1.86. The molecule has 2 heterocycles. The number of fused-ring (bicyclic) bond motifs is 1. The number of hydrogen-bond donors (Lipinski definition) is 4. The van der Waals surface area contributed by atoms with E-state index in [4.69, 9.17) is 31.0 Å². The summed E-state index contributed by atoms with van der Waals surface area (Å²) in [6.45, 7) is 13.3. The number of aromatic nitrogens is 1. The maximum absolute atomic E-state index is 9.81. The second-order valence-corrected chi connectivity index (χ2v) is 12.5. The van der Waals surface area contributed by atoms with Gasteiger partial charge in [-0.25, -0.2) is 0 Å². The average Bonchev–Trinajstić information content (AvgIpc) is 3.34. The van der Waals surface area contributed by atoms with Crippen LogP contribution >= 0.6 is 23.2 Å². The number of benzene rings is 2. The fourth-order valence-electron chi connectivity index (χ4n) is 4.12. The second-order valence-electron chi connectivity index (χ2n) is 11.7. The monoisotopic (exact) mass is 547 g/mol. The lowest BCUT2D eigenvalue weighted by molar-refractivity contribution is 0.138. The molecule has 1 aromatic heterocycles. The summed E-state index contributed by atoms with van der Waals surface area (Å²) in [6.07, 6.45) is 3.47. The van der Waals surface area contributed by atoms with Crippen LogP contribution in [0.1, 0.15) is 52.7 Å². The van der Waals surface area contributed by atoms with Crippen LogP contribution in [0.3, 0.4) is 0 Å². The van der Waals surface area contributed by atoms with E-state index in [1.165, 1.54) is 0 Å². The SMILES string of the molecule is [B]C(Nc1cc(Cl)c2ncc(C#N)c(NCC(C)(C)C)c2c1)(C1=CN(C(C)(C)C)NN1)c1ccccc1Cl. The first-order valence-corrected chi connectivity index (χ1v) is 13.1. The van der Waals surface area contributed by atoms with Crippen LogP contribution in [0, 0.1) is 16.7 Å². The Bertz CT molecular complexity index is 1440. The van der Waals surface area contributed by atoms with Crippen molar-refractivity contribution in [2.75, 3.05) is 17.2 Å². The first-order chi connectivity index (χ1) is 17.7. The second kappa shape index (κ2) is 10.2. The fourth-order valence-corrected chi connectivity index (χ4v) is 4.68. The Morgan fingerprint density at radius 1 is 1.08 bits per heavy atom. The molecule has 0 saturated heterocycles. The third-order valence-electron chi connectivity index (χ3n) is 6.20. The van der Waals surface area contributed by atoms with E-state index >= 15 is 0 Å². The Labute approximate surface area is 235 Å². The summed E-state index contributed by atoms with van der Waals surface area (Å²) >= 11 is 13.4. The molecule has 4 rings (SSSR count). The molecule has 0 saturated carbocycles. The molecule has 0 fully saturated rings. The molecule has 0 spiro atoms. The Hall–Kier alpha value is -3.12. The first kappa shape index (κ1) is 27.9. The van der Waals surface area contributed by atoms with Crippen molar-refractivity contribution < 1.29 is 0 Å². The number of hydrogen-bond acceptors (Lipinski definition) is 7. The van der Waals surface area contributed by atoms with E-state index in [1.807, 2.05) is 35.5 Å². The van der Waals surface area contributed by atoms with Crippen LogP contribution in [0.4, 0.5) is 11.4 Å². The van der Waals surface area contributed by atoms with E-state index in [0.717, 1.165) is 0 Å². The van der Waals surface area contributed by atoms with E-state index in [2.05, 4.69) is 74.2 Å². The summed E-state index contributed by atoms with van der Waals surface area (Å²) in [5.74, 6) is 0. The molecule has 196 valence electrons. The van der Waals surface area contributed by atoms with E-state index < -0.39 is 5.44 Å². The van der Waals surface area contributed by atoms with Gasteiger partial charge in [-0.15, -0.1) is 5.53 Å². The molecule has 1 unspecified atom stereocenters. The van der Waals surface area contributed by atoms with Gasteiger partial charge in [0.15, 0.2) is 0 Å². The van der Waals surface area contributed by atoms with Crippen molar-refractivity contribution in [3.05, 3.63) is 75.7 Å². The lowest BCUT2D eigenvalue weighted by Gasteiger charge is -2.35. The molecule has 38 heavy (non-hydrogen) atoms. The standard InChI is InChI=1S/C28H32BCl2N7/c1-26(2,3)16-34-24-17(13-32)14-33-25-19(24)11-18(12-22(25)31)35-28(29,20-9-7-8-10-21(20)30)23-15-38(37-36-23)27(4,5)6/h7-12,14-15,35-37H,16H2,1-6H3,(H,33,34). The minimum Gasteiger partial charge on any atom is -0.383 e. The molecule has 4 N–H and O–H groups in total. The largest absolute Gasteiger partial charge is 0.383 e. The van der Waals surface area contributed by atoms with Crippen molar-refractivity contribution in [2.24, 2.45) is 5.41 Å². The number of anilines is 2. The molecule has 1 aliphatic heterocycles. The number of hydrazine groups is 2. The molecule has 2 aromatic carbocycles. The van der Waals surface area contributed by atoms with Gasteiger partial charge in [0.05, 0.1) is 32.9 Å².